The normalized spacial score (nSPS) is 10.3. The van der Waals surface area contributed by atoms with Crippen LogP contribution in [0.4, 0.5) is 13.2 Å². The molecule has 1 amide bonds. The van der Waals surface area contributed by atoms with Crippen LogP contribution in [0.15, 0.2) is 18.5 Å². The highest BCUT2D eigenvalue weighted by atomic mass is 19.4. The fraction of sp³-hybridized carbons (Fsp3) is 0.429. The lowest BCUT2D eigenvalue weighted by Crippen LogP contribution is -2.39. The smallest absolute Gasteiger partial charge is 0.430 e. The zero-order chi connectivity index (χ0) is 20.3. The average Bonchev–Trinajstić information content (AvgIpc) is 2.52. The Morgan fingerprint density at radius 1 is 1.27 bits per heavy atom. The van der Waals surface area contributed by atoms with E-state index in [-0.39, 0.29) is 24.7 Å². The van der Waals surface area contributed by atoms with Crippen LogP contribution in [-0.4, -0.2) is 46.6 Å². The van der Waals surface area contributed by atoms with Crippen LogP contribution in [-0.2, 0) is 20.9 Å². The number of hydrogen-bond acceptors (Lipinski definition) is 6. The van der Waals surface area contributed by atoms with Gasteiger partial charge in [-0.3, -0.25) is 14.4 Å². The van der Waals surface area contributed by atoms with Crippen molar-refractivity contribution in [1.82, 2.24) is 10.4 Å². The van der Waals surface area contributed by atoms with Crippen molar-refractivity contribution in [3.8, 4) is 0 Å². The van der Waals surface area contributed by atoms with Crippen LogP contribution in [0.2, 0.25) is 0 Å². The van der Waals surface area contributed by atoms with Gasteiger partial charge in [0.1, 0.15) is 24.4 Å². The van der Waals surface area contributed by atoms with Gasteiger partial charge in [0.25, 0.3) is 5.91 Å². The van der Waals surface area contributed by atoms with Gasteiger partial charge in [0.15, 0.2) is 12.7 Å². The highest BCUT2D eigenvalue weighted by Gasteiger charge is 2.28. The van der Waals surface area contributed by atoms with Gasteiger partial charge in [-0.25, -0.2) is 0 Å². The number of carboxylic acids is 2. The first kappa shape index (κ1) is 22.9. The number of nitrogens with zero attached hydrogens (tertiary/aromatic N) is 2. The molecule has 1 rings (SSSR count). The van der Waals surface area contributed by atoms with Crippen LogP contribution in [0.5, 0.6) is 0 Å². The molecule has 0 aromatic carbocycles. The van der Waals surface area contributed by atoms with Crippen molar-refractivity contribution < 1.29 is 47.2 Å². The number of carboxylic acid groups (broad SMARTS) is 2. The highest BCUT2D eigenvalue weighted by molar-refractivity contribution is 5.93. The lowest BCUT2D eigenvalue weighted by atomic mass is 10.2. The molecule has 0 aliphatic rings. The number of aryl methyl sites for hydroxylation is 1. The minimum Gasteiger partial charge on any atom is -0.542 e. The van der Waals surface area contributed by atoms with Gasteiger partial charge in [-0.2, -0.15) is 13.2 Å². The molecular formula is C14H16F3N3O6. The third kappa shape index (κ3) is 10.7. The second-order valence-corrected chi connectivity index (χ2v) is 4.82. The molecule has 12 heteroatoms. The van der Waals surface area contributed by atoms with Gasteiger partial charge in [0.05, 0.1) is 5.56 Å². The van der Waals surface area contributed by atoms with Crippen molar-refractivity contribution in [2.24, 2.45) is 0 Å². The van der Waals surface area contributed by atoms with E-state index in [1.165, 1.54) is 17.8 Å². The van der Waals surface area contributed by atoms with Crippen LogP contribution in [0, 0.1) is 0 Å². The molecule has 0 aliphatic carbocycles. The second-order valence-electron chi connectivity index (χ2n) is 4.82. The molecule has 144 valence electrons. The van der Waals surface area contributed by atoms with Gasteiger partial charge < -0.3 is 20.3 Å². The number of Topliss-reactive ketones (excluding diaryl/α,β-unsaturated/α-hetero) is 1. The molecule has 0 spiro atoms. The van der Waals surface area contributed by atoms with E-state index in [0.717, 1.165) is 0 Å². The number of alkyl halides is 3. The molecule has 0 atom stereocenters. The van der Waals surface area contributed by atoms with Gasteiger partial charge in [0, 0.05) is 19.0 Å². The second kappa shape index (κ2) is 10.7. The van der Waals surface area contributed by atoms with Crippen molar-refractivity contribution in [3.05, 3.63) is 24.0 Å². The molecule has 0 radical (unpaired) electrons. The summed E-state index contributed by atoms with van der Waals surface area (Å²) in [6.45, 7) is 2.01. The molecule has 0 saturated heterocycles. The Hall–Kier alpha value is -3.05. The Balaban J connectivity index is 0.000000758. The molecule has 0 bridgehead atoms. The Labute approximate surface area is 145 Å². The first-order valence-corrected chi connectivity index (χ1v) is 7.07. The first-order chi connectivity index (χ1) is 11.9. The number of amides is 1. The Bertz CT molecular complexity index is 646. The van der Waals surface area contributed by atoms with E-state index in [0.29, 0.717) is 18.5 Å². The largest absolute Gasteiger partial charge is 0.542 e. The molecule has 0 saturated carbocycles. The van der Waals surface area contributed by atoms with Gasteiger partial charge in [-0.1, -0.05) is 4.68 Å². The van der Waals surface area contributed by atoms with Crippen LogP contribution in [0.3, 0.4) is 0 Å². The van der Waals surface area contributed by atoms with Crippen LogP contribution in [0.25, 0.3) is 0 Å². The number of hydrogen-bond donors (Lipinski definition) is 2. The minimum absolute atomic E-state index is 0.0120. The molecule has 0 aliphatic heterocycles. The average molecular weight is 379 g/mol. The zero-order valence-corrected chi connectivity index (χ0v) is 13.6. The summed E-state index contributed by atoms with van der Waals surface area (Å²) in [5.41, 5.74) is 0.370. The Morgan fingerprint density at radius 3 is 2.23 bits per heavy atom. The summed E-state index contributed by atoms with van der Waals surface area (Å²) in [7, 11) is 0. The molecule has 26 heavy (non-hydrogen) atoms. The monoisotopic (exact) mass is 379 g/mol. The summed E-state index contributed by atoms with van der Waals surface area (Å²) in [6.07, 6.45) is -2.01. The molecule has 1 heterocycles. The minimum atomic E-state index is -5.19. The number of carbonyl (C=O) groups is 4. The molecule has 9 nitrogen and oxygen atoms in total. The summed E-state index contributed by atoms with van der Waals surface area (Å²) in [5.74, 6) is -4.20. The van der Waals surface area contributed by atoms with Crippen molar-refractivity contribution in [2.75, 3.05) is 6.54 Å². The third-order valence-electron chi connectivity index (χ3n) is 2.58. The predicted molar refractivity (Wildman–Crippen MR) is 75.4 cm³/mol. The van der Waals surface area contributed by atoms with E-state index < -0.39 is 18.1 Å². The standard InChI is InChI=1S/C12H15N3O4.C2HF3O2/c1-9(16)2-5-13-12(19)10-3-6-15(14-8-10)7-4-11(17)18;3-2(4,5)1(6)7/h3,6,8H,2,4-5,7H2,1H3,(H-,13,17,18,19);(H,6,7). The molecule has 0 fully saturated rings. The number of rotatable bonds is 7. The van der Waals surface area contributed by atoms with Crippen molar-refractivity contribution in [3.63, 3.8) is 0 Å². The van der Waals surface area contributed by atoms with Gasteiger partial charge in [-0.15, -0.1) is 0 Å². The molecular weight excluding hydrogens is 363 g/mol. The van der Waals surface area contributed by atoms with Crippen molar-refractivity contribution in [2.45, 2.75) is 32.5 Å². The van der Waals surface area contributed by atoms with Gasteiger partial charge in [0.2, 0.25) is 0 Å². The Morgan fingerprint density at radius 2 is 1.85 bits per heavy atom. The number of halogens is 3. The van der Waals surface area contributed by atoms with Crippen LogP contribution >= 0.6 is 0 Å². The fourth-order valence-corrected chi connectivity index (χ4v) is 1.32. The van der Waals surface area contributed by atoms with E-state index >= 15 is 0 Å². The number of nitrogens with one attached hydrogen (secondary N) is 1. The molecule has 0 unspecified atom stereocenters. The molecule has 2 N–H and O–H groups in total. The summed E-state index contributed by atoms with van der Waals surface area (Å²) in [6, 6.07) is 1.55. The number of aromatic nitrogens is 2. The van der Waals surface area contributed by atoms with Gasteiger partial charge in [-0.05, 0) is 12.0 Å². The summed E-state index contributed by atoms with van der Waals surface area (Å²) < 4.78 is 33.0. The van der Waals surface area contributed by atoms with E-state index in [1.807, 2.05) is 0 Å². The first-order valence-electron chi connectivity index (χ1n) is 7.07. The highest BCUT2D eigenvalue weighted by Crippen LogP contribution is 2.11. The Kier molecular flexibility index (Phi) is 9.48. The number of ketones is 1. The molecule has 1 aromatic heterocycles. The van der Waals surface area contributed by atoms with Crippen LogP contribution in [0.1, 0.15) is 30.1 Å². The lowest BCUT2D eigenvalue weighted by molar-refractivity contribution is -0.753. The van der Waals surface area contributed by atoms with E-state index in [4.69, 9.17) is 15.0 Å². The van der Waals surface area contributed by atoms with Gasteiger partial charge >= 0.3 is 12.1 Å². The lowest BCUT2D eigenvalue weighted by Gasteiger charge is -2.03. The predicted octanol–water partition coefficient (Wildman–Crippen LogP) is -1.15. The SMILES string of the molecule is CC(=O)CCNC(=O)c1cc[n+](CCC(=O)O)nc1.O=C([O-])C(F)(F)F. The quantitative estimate of drug-likeness (QED) is 0.570. The topological polar surface area (TPSA) is 140 Å². The molecule has 1 aromatic rings. The fourth-order valence-electron chi connectivity index (χ4n) is 1.32. The zero-order valence-electron chi connectivity index (χ0n) is 13.6. The van der Waals surface area contributed by atoms with E-state index in [2.05, 4.69) is 10.4 Å². The van der Waals surface area contributed by atoms with Crippen molar-refractivity contribution >= 4 is 23.6 Å². The third-order valence-corrected chi connectivity index (χ3v) is 2.58. The maximum absolute atomic E-state index is 11.6. The maximum Gasteiger partial charge on any atom is 0.430 e. The van der Waals surface area contributed by atoms with Crippen LogP contribution < -0.4 is 15.1 Å². The summed E-state index contributed by atoms with van der Waals surface area (Å²) in [5, 5.41) is 23.8. The summed E-state index contributed by atoms with van der Waals surface area (Å²) >= 11 is 0. The van der Waals surface area contributed by atoms with E-state index in [1.54, 1.807) is 12.3 Å². The van der Waals surface area contributed by atoms with Crippen molar-refractivity contribution in [1.29, 1.82) is 0 Å². The number of aliphatic carboxylic acids is 2. The number of carbonyl (C=O) groups excluding carboxylic acids is 3. The maximum atomic E-state index is 11.6. The van der Waals surface area contributed by atoms with E-state index in [9.17, 15) is 27.6 Å². The summed E-state index contributed by atoms with van der Waals surface area (Å²) in [4.78, 5) is 41.5.